The van der Waals surface area contributed by atoms with Crippen LogP contribution in [0.4, 0.5) is 5.00 Å². The highest BCUT2D eigenvalue weighted by Gasteiger charge is 2.28. The number of hydrogen-bond donors (Lipinski definition) is 1. The van der Waals surface area contributed by atoms with E-state index in [1.807, 2.05) is 13.8 Å². The molecule has 1 saturated heterocycles. The first kappa shape index (κ1) is 24.4. The Morgan fingerprint density at radius 3 is 2.56 bits per heavy atom. The van der Waals surface area contributed by atoms with Crippen LogP contribution in [0.15, 0.2) is 29.2 Å². The van der Waals surface area contributed by atoms with Crippen LogP contribution in [0.5, 0.6) is 0 Å². The van der Waals surface area contributed by atoms with Crippen LogP contribution >= 0.6 is 11.3 Å². The maximum atomic E-state index is 13.0. The van der Waals surface area contributed by atoms with Crippen molar-refractivity contribution in [1.29, 1.82) is 0 Å². The number of carbonyl (C=O) groups excluding carboxylic acids is 2. The Kier molecular flexibility index (Phi) is 7.74. The fourth-order valence-electron chi connectivity index (χ4n) is 3.67. The van der Waals surface area contributed by atoms with Gasteiger partial charge in [-0.3, -0.25) is 4.79 Å². The van der Waals surface area contributed by atoms with Crippen molar-refractivity contribution in [3.63, 3.8) is 0 Å². The quantitative estimate of drug-likeness (QED) is 0.450. The largest absolute Gasteiger partial charge is 0.462 e. The van der Waals surface area contributed by atoms with E-state index in [4.69, 9.17) is 4.74 Å². The lowest BCUT2D eigenvalue weighted by Gasteiger charge is -2.29. The molecule has 2 aromatic rings. The van der Waals surface area contributed by atoms with E-state index in [-0.39, 0.29) is 23.8 Å². The van der Waals surface area contributed by atoms with Crippen LogP contribution in [0.3, 0.4) is 0 Å². The Balaban J connectivity index is 1.75. The van der Waals surface area contributed by atoms with Gasteiger partial charge >= 0.3 is 5.97 Å². The normalized spacial score (nSPS) is 15.5. The van der Waals surface area contributed by atoms with E-state index < -0.39 is 16.0 Å². The molecular weight excluding hydrogens is 448 g/mol. The fourth-order valence-corrected chi connectivity index (χ4v) is 6.23. The molecule has 9 heteroatoms. The summed E-state index contributed by atoms with van der Waals surface area (Å²) < 4.78 is 32.7. The average Bonchev–Trinajstić information content (AvgIpc) is 3.06. The molecular formula is C23H30N2O5S2. The SMILES string of the molecule is CCOC(=O)c1c(NCC(=O)c2cccc(S(=O)(=O)N3CCC(C)CC3)c2)sc(C)c1C. The summed E-state index contributed by atoms with van der Waals surface area (Å²) >= 11 is 1.39. The molecule has 1 fully saturated rings. The number of anilines is 1. The summed E-state index contributed by atoms with van der Waals surface area (Å²) in [7, 11) is -3.63. The van der Waals surface area contributed by atoms with Gasteiger partial charge in [-0.25, -0.2) is 13.2 Å². The zero-order chi connectivity index (χ0) is 23.5. The Bertz CT molecular complexity index is 1100. The molecule has 32 heavy (non-hydrogen) atoms. The molecule has 0 amide bonds. The number of esters is 1. The summed E-state index contributed by atoms with van der Waals surface area (Å²) in [5.41, 5.74) is 1.58. The van der Waals surface area contributed by atoms with E-state index in [2.05, 4.69) is 12.2 Å². The van der Waals surface area contributed by atoms with Crippen molar-refractivity contribution in [2.75, 3.05) is 31.6 Å². The first-order valence-electron chi connectivity index (χ1n) is 10.8. The standard InChI is InChI=1S/C23H30N2O5S2/c1-5-30-23(27)21-16(3)17(4)31-22(21)24-14-20(26)18-7-6-8-19(13-18)32(28,29)25-11-9-15(2)10-12-25/h6-8,13,15,24H,5,9-12,14H2,1-4H3. The number of sulfonamides is 1. The molecule has 1 N–H and O–H groups in total. The van der Waals surface area contributed by atoms with E-state index in [9.17, 15) is 18.0 Å². The topological polar surface area (TPSA) is 92.8 Å². The number of benzene rings is 1. The zero-order valence-corrected chi connectivity index (χ0v) is 20.6. The van der Waals surface area contributed by atoms with Crippen LogP contribution < -0.4 is 5.32 Å². The van der Waals surface area contributed by atoms with Gasteiger partial charge in [-0.2, -0.15) is 4.31 Å². The van der Waals surface area contributed by atoms with Gasteiger partial charge in [0.15, 0.2) is 5.78 Å². The van der Waals surface area contributed by atoms with Gasteiger partial charge in [-0.1, -0.05) is 19.1 Å². The lowest BCUT2D eigenvalue weighted by molar-refractivity contribution is 0.0527. The van der Waals surface area contributed by atoms with E-state index >= 15 is 0 Å². The molecule has 7 nitrogen and oxygen atoms in total. The molecule has 3 rings (SSSR count). The molecule has 0 saturated carbocycles. The molecule has 1 aliphatic heterocycles. The van der Waals surface area contributed by atoms with Gasteiger partial charge in [0.05, 0.1) is 23.6 Å². The number of ether oxygens (including phenoxy) is 1. The number of nitrogens with one attached hydrogen (secondary N) is 1. The van der Waals surface area contributed by atoms with Crippen molar-refractivity contribution >= 4 is 38.1 Å². The third-order valence-corrected chi connectivity index (χ3v) is 8.87. The van der Waals surface area contributed by atoms with Gasteiger partial charge in [-0.15, -0.1) is 11.3 Å². The van der Waals surface area contributed by atoms with E-state index in [1.165, 1.54) is 27.8 Å². The summed E-state index contributed by atoms with van der Waals surface area (Å²) in [4.78, 5) is 26.3. The zero-order valence-electron chi connectivity index (χ0n) is 18.9. The first-order chi connectivity index (χ1) is 15.1. The van der Waals surface area contributed by atoms with Gasteiger partial charge < -0.3 is 10.1 Å². The van der Waals surface area contributed by atoms with Gasteiger partial charge in [0.1, 0.15) is 5.00 Å². The summed E-state index contributed by atoms with van der Waals surface area (Å²) in [6.45, 7) is 8.83. The summed E-state index contributed by atoms with van der Waals surface area (Å²) in [5, 5.41) is 3.63. The minimum Gasteiger partial charge on any atom is -0.462 e. The maximum Gasteiger partial charge on any atom is 0.341 e. The Morgan fingerprint density at radius 1 is 1.22 bits per heavy atom. The van der Waals surface area contributed by atoms with Gasteiger partial charge in [0, 0.05) is 23.5 Å². The molecule has 0 atom stereocenters. The summed E-state index contributed by atoms with van der Waals surface area (Å²) in [5.74, 6) is -0.162. The van der Waals surface area contributed by atoms with Crippen LogP contribution in [-0.2, 0) is 14.8 Å². The molecule has 0 bridgehead atoms. The first-order valence-corrected chi connectivity index (χ1v) is 13.0. The molecule has 2 heterocycles. The van der Waals surface area contributed by atoms with Gasteiger partial charge in [-0.05, 0) is 57.2 Å². The van der Waals surface area contributed by atoms with Crippen LogP contribution in [0.1, 0.15) is 57.8 Å². The van der Waals surface area contributed by atoms with Gasteiger partial charge in [0.2, 0.25) is 10.0 Å². The van der Waals surface area contributed by atoms with Crippen LogP contribution in [-0.4, -0.2) is 50.7 Å². The minimum absolute atomic E-state index is 0.0590. The third kappa shape index (κ3) is 5.22. The lowest BCUT2D eigenvalue weighted by atomic mass is 10.0. The smallest absolute Gasteiger partial charge is 0.341 e. The highest BCUT2D eigenvalue weighted by Crippen LogP contribution is 2.33. The predicted octanol–water partition coefficient (Wildman–Crippen LogP) is 4.26. The third-order valence-electron chi connectivity index (χ3n) is 5.81. The van der Waals surface area contributed by atoms with Crippen molar-refractivity contribution in [1.82, 2.24) is 4.31 Å². The number of ketones is 1. The van der Waals surface area contributed by atoms with E-state index in [0.717, 1.165) is 23.3 Å². The average molecular weight is 479 g/mol. The number of hydrogen-bond acceptors (Lipinski definition) is 7. The van der Waals surface area contributed by atoms with Crippen molar-refractivity contribution < 1.29 is 22.7 Å². The molecule has 0 unspecified atom stereocenters. The van der Waals surface area contributed by atoms with Crippen LogP contribution in [0.25, 0.3) is 0 Å². The van der Waals surface area contributed by atoms with Crippen LogP contribution in [0, 0.1) is 19.8 Å². The van der Waals surface area contributed by atoms with E-state index in [1.54, 1.807) is 19.1 Å². The van der Waals surface area contributed by atoms with Crippen molar-refractivity contribution in [2.45, 2.75) is 45.4 Å². The molecule has 0 radical (unpaired) electrons. The second kappa shape index (κ2) is 10.1. The Hall–Kier alpha value is -2.23. The lowest BCUT2D eigenvalue weighted by Crippen LogP contribution is -2.37. The number of nitrogens with zero attached hydrogens (tertiary/aromatic N) is 1. The molecule has 1 aromatic heterocycles. The molecule has 0 spiro atoms. The van der Waals surface area contributed by atoms with Crippen molar-refractivity contribution in [2.24, 2.45) is 5.92 Å². The number of aryl methyl sites for hydroxylation is 1. The summed E-state index contributed by atoms with van der Waals surface area (Å²) in [6.07, 6.45) is 1.68. The molecule has 174 valence electrons. The second-order valence-electron chi connectivity index (χ2n) is 8.10. The summed E-state index contributed by atoms with van der Waals surface area (Å²) in [6, 6.07) is 6.17. The molecule has 1 aromatic carbocycles. The number of carbonyl (C=O) groups is 2. The number of piperidine rings is 1. The Labute approximate surface area is 193 Å². The molecule has 0 aliphatic carbocycles. The predicted molar refractivity (Wildman–Crippen MR) is 126 cm³/mol. The maximum absolute atomic E-state index is 13.0. The monoisotopic (exact) mass is 478 g/mol. The highest BCUT2D eigenvalue weighted by atomic mass is 32.2. The van der Waals surface area contributed by atoms with Crippen molar-refractivity contribution in [3.05, 3.63) is 45.8 Å². The van der Waals surface area contributed by atoms with Crippen molar-refractivity contribution in [3.8, 4) is 0 Å². The second-order valence-corrected chi connectivity index (χ2v) is 11.3. The van der Waals surface area contributed by atoms with E-state index in [0.29, 0.717) is 35.1 Å². The van der Waals surface area contributed by atoms with Gasteiger partial charge in [0.25, 0.3) is 0 Å². The fraction of sp³-hybridized carbons (Fsp3) is 0.478. The number of rotatable bonds is 8. The molecule has 1 aliphatic rings. The Morgan fingerprint density at radius 2 is 1.91 bits per heavy atom. The van der Waals surface area contributed by atoms with Crippen LogP contribution in [0.2, 0.25) is 0 Å². The number of thiophene rings is 1. The highest BCUT2D eigenvalue weighted by molar-refractivity contribution is 7.89. The minimum atomic E-state index is -3.63. The number of Topliss-reactive ketones (excluding diaryl/α,β-unsaturated/α-hetero) is 1.